The maximum atomic E-state index is 11.8. The zero-order chi connectivity index (χ0) is 21.2. The minimum atomic E-state index is -0.783. The summed E-state index contributed by atoms with van der Waals surface area (Å²) in [6.07, 6.45) is 19.3. The molecule has 0 saturated carbocycles. The van der Waals surface area contributed by atoms with Crippen molar-refractivity contribution in [3.63, 3.8) is 0 Å². The number of carbonyl (C=O) groups is 2. The van der Waals surface area contributed by atoms with E-state index in [1.165, 1.54) is 89.2 Å². The highest BCUT2D eigenvalue weighted by atomic mass is 16.6. The molecule has 1 N–H and O–H groups in total. The smallest absolute Gasteiger partial charge is 0.349 e. The van der Waals surface area contributed by atoms with E-state index in [4.69, 9.17) is 4.74 Å². The number of unbranched alkanes of at least 4 members (excludes halogenated alkanes) is 14. The average Bonchev–Trinajstić information content (AvgIpc) is 2.71. The lowest BCUT2D eigenvalue weighted by Gasteiger charge is -2.05. The number of phenolic OH excluding ortho intramolecular Hbond substituents is 1. The monoisotopic (exact) mass is 404 g/mol. The van der Waals surface area contributed by atoms with Crippen molar-refractivity contribution in [2.75, 3.05) is 0 Å². The van der Waals surface area contributed by atoms with Crippen LogP contribution in [-0.4, -0.2) is 17.0 Å². The molecule has 0 bridgehead atoms. The normalized spacial score (nSPS) is 10.8. The maximum absolute atomic E-state index is 11.8. The highest BCUT2D eigenvalue weighted by molar-refractivity contribution is 5.98. The summed E-state index contributed by atoms with van der Waals surface area (Å²) in [6, 6.07) is 6.08. The summed E-state index contributed by atoms with van der Waals surface area (Å²) >= 11 is 0. The largest absolute Gasteiger partial charge is 0.507 e. The Kier molecular flexibility index (Phi) is 14.8. The number of para-hydroxylation sites is 1. The molecule has 0 unspecified atom stereocenters. The highest BCUT2D eigenvalue weighted by Gasteiger charge is 2.15. The van der Waals surface area contributed by atoms with Gasteiger partial charge < -0.3 is 9.84 Å². The lowest BCUT2D eigenvalue weighted by molar-refractivity contribution is -0.138. The van der Waals surface area contributed by atoms with Gasteiger partial charge in [0.15, 0.2) is 0 Å². The van der Waals surface area contributed by atoms with Gasteiger partial charge in [-0.05, 0) is 18.6 Å². The van der Waals surface area contributed by atoms with Gasteiger partial charge >= 0.3 is 11.9 Å². The minimum Gasteiger partial charge on any atom is -0.507 e. The molecule has 0 heterocycles. The molecule has 4 nitrogen and oxygen atoms in total. The summed E-state index contributed by atoms with van der Waals surface area (Å²) in [4.78, 5) is 23.6. The number of aromatic hydroxyl groups is 1. The number of esters is 2. The topological polar surface area (TPSA) is 63.6 Å². The molecule has 1 aromatic rings. The van der Waals surface area contributed by atoms with E-state index in [0.29, 0.717) is 0 Å². The van der Waals surface area contributed by atoms with Crippen molar-refractivity contribution in [3.05, 3.63) is 29.8 Å². The van der Waals surface area contributed by atoms with E-state index in [-0.39, 0.29) is 17.7 Å². The molecule has 4 heteroatoms. The van der Waals surface area contributed by atoms with Crippen molar-refractivity contribution in [1.82, 2.24) is 0 Å². The van der Waals surface area contributed by atoms with Gasteiger partial charge in [-0.3, -0.25) is 4.79 Å². The second-order valence-corrected chi connectivity index (χ2v) is 7.98. The zero-order valence-electron chi connectivity index (χ0n) is 18.3. The molecular weight excluding hydrogens is 364 g/mol. The maximum Gasteiger partial charge on any atom is 0.349 e. The highest BCUT2D eigenvalue weighted by Crippen LogP contribution is 2.17. The lowest BCUT2D eigenvalue weighted by atomic mass is 10.0. The minimum absolute atomic E-state index is 0.0253. The van der Waals surface area contributed by atoms with Crippen molar-refractivity contribution in [2.24, 2.45) is 0 Å². The Bertz CT molecular complexity index is 568. The molecule has 0 amide bonds. The second kappa shape index (κ2) is 17.1. The SMILES string of the molecule is CCCCCCCCCCCCCCCCCC(=O)OC(=O)c1ccccc1O. The van der Waals surface area contributed by atoms with Crippen LogP contribution in [0, 0.1) is 0 Å². The van der Waals surface area contributed by atoms with Gasteiger partial charge in [-0.25, -0.2) is 4.79 Å². The van der Waals surface area contributed by atoms with Gasteiger partial charge in [0.05, 0.1) is 0 Å². The third-order valence-electron chi connectivity index (χ3n) is 5.31. The molecule has 29 heavy (non-hydrogen) atoms. The third-order valence-corrected chi connectivity index (χ3v) is 5.31. The number of phenols is 1. The standard InChI is InChI=1S/C25H40O4/c1-2-3-4-5-6-7-8-9-10-11-12-13-14-15-16-21-24(27)29-25(28)22-19-17-18-20-23(22)26/h17-20,26H,2-16,21H2,1H3. The number of hydrogen-bond donors (Lipinski definition) is 1. The fourth-order valence-electron chi connectivity index (χ4n) is 3.50. The van der Waals surface area contributed by atoms with Crippen LogP contribution in [0.3, 0.4) is 0 Å². The first-order valence-electron chi connectivity index (χ1n) is 11.7. The van der Waals surface area contributed by atoms with Gasteiger partial charge in [-0.2, -0.15) is 0 Å². The van der Waals surface area contributed by atoms with Gasteiger partial charge in [-0.1, -0.05) is 109 Å². The predicted molar refractivity (Wildman–Crippen MR) is 118 cm³/mol. The van der Waals surface area contributed by atoms with Gasteiger partial charge in [-0.15, -0.1) is 0 Å². The van der Waals surface area contributed by atoms with Crippen molar-refractivity contribution in [1.29, 1.82) is 0 Å². The van der Waals surface area contributed by atoms with Crippen molar-refractivity contribution in [3.8, 4) is 5.75 Å². The number of ether oxygens (including phenoxy) is 1. The fourth-order valence-corrected chi connectivity index (χ4v) is 3.50. The number of carbonyl (C=O) groups excluding carboxylic acids is 2. The molecule has 0 fully saturated rings. The molecule has 0 aromatic heterocycles. The molecule has 1 aromatic carbocycles. The molecule has 0 aliphatic rings. The van der Waals surface area contributed by atoms with Crippen LogP contribution in [0.1, 0.15) is 120 Å². The number of benzene rings is 1. The Morgan fingerprint density at radius 2 is 1.17 bits per heavy atom. The second-order valence-electron chi connectivity index (χ2n) is 7.98. The summed E-state index contributed by atoms with van der Waals surface area (Å²) in [5, 5.41) is 9.60. The van der Waals surface area contributed by atoms with E-state index in [2.05, 4.69) is 6.92 Å². The number of hydrogen-bond acceptors (Lipinski definition) is 4. The molecule has 0 radical (unpaired) electrons. The van der Waals surface area contributed by atoms with Gasteiger partial charge in [0.2, 0.25) is 0 Å². The first-order chi connectivity index (χ1) is 14.1. The molecule has 0 aliphatic carbocycles. The van der Waals surface area contributed by atoms with Crippen molar-refractivity contribution < 1.29 is 19.4 Å². The third kappa shape index (κ3) is 13.1. The lowest BCUT2D eigenvalue weighted by Crippen LogP contribution is -2.12. The van der Waals surface area contributed by atoms with Crippen LogP contribution < -0.4 is 0 Å². The van der Waals surface area contributed by atoms with Crippen LogP contribution >= 0.6 is 0 Å². The Morgan fingerprint density at radius 3 is 1.66 bits per heavy atom. The first-order valence-corrected chi connectivity index (χ1v) is 11.7. The van der Waals surface area contributed by atoms with Crippen LogP contribution in [-0.2, 0) is 9.53 Å². The van der Waals surface area contributed by atoms with E-state index in [0.717, 1.165) is 19.3 Å². The summed E-state index contributed by atoms with van der Waals surface area (Å²) in [6.45, 7) is 2.26. The summed E-state index contributed by atoms with van der Waals surface area (Å²) in [5.41, 5.74) is 0.0253. The van der Waals surface area contributed by atoms with Crippen molar-refractivity contribution in [2.45, 2.75) is 110 Å². The number of rotatable bonds is 17. The molecule has 1 rings (SSSR count). The first kappa shape index (κ1) is 25.2. The van der Waals surface area contributed by atoms with Crippen LogP contribution in [0.4, 0.5) is 0 Å². The summed E-state index contributed by atoms with van der Waals surface area (Å²) in [5.74, 6) is -1.47. The van der Waals surface area contributed by atoms with Crippen LogP contribution in [0.15, 0.2) is 24.3 Å². The Labute approximate surface area is 177 Å². The van der Waals surface area contributed by atoms with Crippen LogP contribution in [0.5, 0.6) is 5.75 Å². The van der Waals surface area contributed by atoms with Gasteiger partial charge in [0, 0.05) is 6.42 Å². The van der Waals surface area contributed by atoms with E-state index >= 15 is 0 Å². The van der Waals surface area contributed by atoms with Gasteiger partial charge in [0.1, 0.15) is 11.3 Å². The van der Waals surface area contributed by atoms with E-state index in [1.54, 1.807) is 12.1 Å². The fraction of sp³-hybridized carbons (Fsp3) is 0.680. The van der Waals surface area contributed by atoms with E-state index < -0.39 is 11.9 Å². The Morgan fingerprint density at radius 1 is 0.724 bits per heavy atom. The van der Waals surface area contributed by atoms with Gasteiger partial charge in [0.25, 0.3) is 0 Å². The summed E-state index contributed by atoms with van der Waals surface area (Å²) in [7, 11) is 0. The molecule has 0 spiro atoms. The molecule has 0 atom stereocenters. The zero-order valence-corrected chi connectivity index (χ0v) is 18.3. The van der Waals surface area contributed by atoms with Crippen LogP contribution in [0.25, 0.3) is 0 Å². The average molecular weight is 405 g/mol. The predicted octanol–water partition coefficient (Wildman–Crippen LogP) is 7.34. The quantitative estimate of drug-likeness (QED) is 0.168. The molecule has 0 saturated heterocycles. The Hall–Kier alpha value is -1.84. The van der Waals surface area contributed by atoms with E-state index in [1.807, 2.05) is 0 Å². The van der Waals surface area contributed by atoms with Crippen molar-refractivity contribution >= 4 is 11.9 Å². The Balaban J connectivity index is 1.89. The molecule has 0 aliphatic heterocycles. The van der Waals surface area contributed by atoms with Crippen LogP contribution in [0.2, 0.25) is 0 Å². The van der Waals surface area contributed by atoms with E-state index in [9.17, 15) is 14.7 Å². The summed E-state index contributed by atoms with van der Waals surface area (Å²) < 4.78 is 4.80. The molecule has 164 valence electrons. The molecular formula is C25H40O4.